The number of halogens is 1. The Bertz CT molecular complexity index is 478. The van der Waals surface area contributed by atoms with Gasteiger partial charge in [0.2, 0.25) is 0 Å². The van der Waals surface area contributed by atoms with Crippen molar-refractivity contribution in [1.29, 1.82) is 0 Å². The fourth-order valence-electron chi connectivity index (χ4n) is 2.36. The highest BCUT2D eigenvalue weighted by Gasteiger charge is 2.24. The summed E-state index contributed by atoms with van der Waals surface area (Å²) in [5.74, 6) is -0.0800. The van der Waals surface area contributed by atoms with Gasteiger partial charge in [-0.05, 0) is 45.0 Å². The maximum Gasteiger partial charge on any atom is 0.251 e. The van der Waals surface area contributed by atoms with Crippen molar-refractivity contribution in [1.82, 2.24) is 10.2 Å². The van der Waals surface area contributed by atoms with Gasteiger partial charge < -0.3 is 16.0 Å². The first-order chi connectivity index (χ1) is 8.97. The summed E-state index contributed by atoms with van der Waals surface area (Å²) in [6.45, 7) is 3.19. The second kappa shape index (κ2) is 5.80. The third-order valence-corrected chi connectivity index (χ3v) is 4.13. The molecule has 2 atom stereocenters. The van der Waals surface area contributed by atoms with Crippen molar-refractivity contribution in [2.75, 3.05) is 19.3 Å². The molecule has 1 aliphatic heterocycles. The van der Waals surface area contributed by atoms with Gasteiger partial charge >= 0.3 is 0 Å². The van der Waals surface area contributed by atoms with E-state index in [1.54, 1.807) is 18.2 Å². The van der Waals surface area contributed by atoms with Crippen LogP contribution in [0.25, 0.3) is 0 Å². The number of amides is 1. The number of hydrogen-bond acceptors (Lipinski definition) is 3. The predicted molar refractivity (Wildman–Crippen MR) is 78.4 cm³/mol. The second-order valence-electron chi connectivity index (χ2n) is 5.26. The lowest BCUT2D eigenvalue weighted by Crippen LogP contribution is -2.47. The summed E-state index contributed by atoms with van der Waals surface area (Å²) in [6.07, 6.45) is 1.96. The summed E-state index contributed by atoms with van der Waals surface area (Å²) in [5, 5.41) is 3.49. The largest absolute Gasteiger partial charge is 0.398 e. The molecule has 19 heavy (non-hydrogen) atoms. The Morgan fingerprint density at radius 3 is 2.89 bits per heavy atom. The van der Waals surface area contributed by atoms with Gasteiger partial charge in [-0.15, -0.1) is 0 Å². The van der Waals surface area contributed by atoms with Crippen molar-refractivity contribution in [3.05, 3.63) is 28.8 Å². The van der Waals surface area contributed by atoms with Crippen molar-refractivity contribution in [2.24, 2.45) is 0 Å². The number of nitrogens with two attached hydrogens (primary N) is 1. The average Bonchev–Trinajstić information content (AvgIpc) is 2.37. The molecular formula is C14H20ClN3O. The van der Waals surface area contributed by atoms with Crippen LogP contribution in [0.4, 0.5) is 5.69 Å². The Balaban J connectivity index is 1.99. The number of carbonyl (C=O) groups excluding carboxylic acids is 1. The molecule has 0 aliphatic carbocycles. The van der Waals surface area contributed by atoms with Crippen LogP contribution < -0.4 is 11.1 Å². The highest BCUT2D eigenvalue weighted by atomic mass is 35.5. The molecular weight excluding hydrogens is 262 g/mol. The maximum absolute atomic E-state index is 12.1. The first kappa shape index (κ1) is 14.2. The molecule has 2 unspecified atom stereocenters. The number of nitrogens with zero attached hydrogens (tertiary/aromatic N) is 1. The van der Waals surface area contributed by atoms with Crippen LogP contribution in [0, 0.1) is 0 Å². The Morgan fingerprint density at radius 1 is 1.53 bits per heavy atom. The highest BCUT2D eigenvalue weighted by molar-refractivity contribution is 6.33. The Hall–Kier alpha value is -1.26. The molecule has 1 aliphatic rings. The number of anilines is 1. The number of piperidine rings is 1. The molecule has 5 heteroatoms. The van der Waals surface area contributed by atoms with Gasteiger partial charge in [0.25, 0.3) is 5.91 Å². The molecule has 3 N–H and O–H groups in total. The van der Waals surface area contributed by atoms with Crippen molar-refractivity contribution < 1.29 is 4.79 Å². The number of carbonyl (C=O) groups is 1. The van der Waals surface area contributed by atoms with E-state index in [1.807, 2.05) is 0 Å². The monoisotopic (exact) mass is 281 g/mol. The molecule has 0 spiro atoms. The highest BCUT2D eigenvalue weighted by Crippen LogP contribution is 2.20. The first-order valence-electron chi connectivity index (χ1n) is 6.53. The van der Waals surface area contributed by atoms with Crippen LogP contribution >= 0.6 is 11.6 Å². The molecule has 1 saturated heterocycles. The second-order valence-corrected chi connectivity index (χ2v) is 5.67. The number of likely N-dealkylation sites (tertiary alicyclic amines) is 1. The summed E-state index contributed by atoms with van der Waals surface area (Å²) in [4.78, 5) is 14.4. The number of nitrogens with one attached hydrogen (secondary N) is 1. The summed E-state index contributed by atoms with van der Waals surface area (Å²) < 4.78 is 0. The van der Waals surface area contributed by atoms with Gasteiger partial charge in [0.05, 0.1) is 10.7 Å². The molecule has 104 valence electrons. The summed E-state index contributed by atoms with van der Waals surface area (Å²) in [6, 6.07) is 5.71. The van der Waals surface area contributed by atoms with Gasteiger partial charge in [-0.2, -0.15) is 0 Å². The van der Waals surface area contributed by atoms with Crippen LogP contribution in [0.2, 0.25) is 5.02 Å². The van der Waals surface area contributed by atoms with Crippen molar-refractivity contribution in [3.8, 4) is 0 Å². The minimum atomic E-state index is -0.0800. The van der Waals surface area contributed by atoms with Crippen molar-refractivity contribution >= 4 is 23.2 Å². The fourth-order valence-corrected chi connectivity index (χ4v) is 2.54. The lowest BCUT2D eigenvalue weighted by molar-refractivity contribution is 0.0896. The minimum absolute atomic E-state index is 0.0800. The molecule has 0 bridgehead atoms. The van der Waals surface area contributed by atoms with Gasteiger partial charge in [0, 0.05) is 24.2 Å². The van der Waals surface area contributed by atoms with E-state index >= 15 is 0 Å². The maximum atomic E-state index is 12.1. The number of rotatable bonds is 2. The summed E-state index contributed by atoms with van der Waals surface area (Å²) in [5.41, 5.74) is 6.69. The molecule has 0 saturated carbocycles. The topological polar surface area (TPSA) is 58.4 Å². The number of hydrogen-bond donors (Lipinski definition) is 2. The quantitative estimate of drug-likeness (QED) is 0.817. The van der Waals surface area contributed by atoms with E-state index in [1.165, 1.54) is 0 Å². The third-order valence-electron chi connectivity index (χ3n) is 3.81. The Morgan fingerprint density at radius 2 is 2.26 bits per heavy atom. The number of nitrogen functional groups attached to an aromatic ring is 1. The van der Waals surface area contributed by atoms with E-state index in [2.05, 4.69) is 24.2 Å². The van der Waals surface area contributed by atoms with E-state index in [0.29, 0.717) is 22.3 Å². The Labute approximate surface area is 118 Å². The summed E-state index contributed by atoms with van der Waals surface area (Å²) >= 11 is 5.93. The van der Waals surface area contributed by atoms with Gasteiger partial charge in [-0.25, -0.2) is 0 Å². The molecule has 1 heterocycles. The SMILES string of the molecule is CC1CC(NC(=O)c2ccc(N)c(Cl)c2)CCN1C. The van der Waals surface area contributed by atoms with Crippen molar-refractivity contribution in [2.45, 2.75) is 31.8 Å². The number of benzene rings is 1. The van der Waals surface area contributed by atoms with Gasteiger partial charge in [0.15, 0.2) is 0 Å². The van der Waals surface area contributed by atoms with E-state index in [-0.39, 0.29) is 11.9 Å². The van der Waals surface area contributed by atoms with Gasteiger partial charge in [-0.3, -0.25) is 4.79 Å². The zero-order chi connectivity index (χ0) is 14.0. The van der Waals surface area contributed by atoms with Crippen LogP contribution in [0.5, 0.6) is 0 Å². The van der Waals surface area contributed by atoms with E-state index in [4.69, 9.17) is 17.3 Å². The zero-order valence-corrected chi connectivity index (χ0v) is 12.1. The van der Waals surface area contributed by atoms with Gasteiger partial charge in [0.1, 0.15) is 0 Å². The first-order valence-corrected chi connectivity index (χ1v) is 6.91. The molecule has 4 nitrogen and oxygen atoms in total. The average molecular weight is 282 g/mol. The van der Waals surface area contributed by atoms with Crippen LogP contribution in [0.15, 0.2) is 18.2 Å². The predicted octanol–water partition coefficient (Wildman–Crippen LogP) is 2.13. The standard InChI is InChI=1S/C14H20ClN3O/c1-9-7-11(5-6-18(9)2)17-14(19)10-3-4-13(16)12(15)8-10/h3-4,8-9,11H,5-7,16H2,1-2H3,(H,17,19). The van der Waals surface area contributed by atoms with Crippen LogP contribution in [0.1, 0.15) is 30.1 Å². The fraction of sp³-hybridized carbons (Fsp3) is 0.500. The molecule has 1 fully saturated rings. The van der Waals surface area contributed by atoms with Crippen LogP contribution in [-0.4, -0.2) is 36.5 Å². The molecule has 0 aromatic heterocycles. The van der Waals surface area contributed by atoms with Gasteiger partial charge in [-0.1, -0.05) is 11.6 Å². The normalized spacial score (nSPS) is 24.2. The Kier molecular flexibility index (Phi) is 4.32. The van der Waals surface area contributed by atoms with E-state index in [0.717, 1.165) is 19.4 Å². The van der Waals surface area contributed by atoms with Crippen molar-refractivity contribution in [3.63, 3.8) is 0 Å². The molecule has 2 rings (SSSR count). The molecule has 1 aromatic rings. The lowest BCUT2D eigenvalue weighted by Gasteiger charge is -2.35. The molecule has 0 radical (unpaired) electrons. The van der Waals surface area contributed by atoms with Crippen LogP contribution in [-0.2, 0) is 0 Å². The molecule has 1 aromatic carbocycles. The van der Waals surface area contributed by atoms with E-state index in [9.17, 15) is 4.79 Å². The van der Waals surface area contributed by atoms with Crippen LogP contribution in [0.3, 0.4) is 0 Å². The van der Waals surface area contributed by atoms with E-state index < -0.39 is 0 Å². The summed E-state index contributed by atoms with van der Waals surface area (Å²) in [7, 11) is 2.11. The smallest absolute Gasteiger partial charge is 0.251 e. The molecule has 1 amide bonds. The minimum Gasteiger partial charge on any atom is -0.398 e. The lowest BCUT2D eigenvalue weighted by atomic mass is 9.98. The zero-order valence-electron chi connectivity index (χ0n) is 11.3. The third kappa shape index (κ3) is 3.39.